The molecule has 0 unspecified atom stereocenters. The minimum Gasteiger partial charge on any atom is -0.384 e. The number of benzene rings is 1. The summed E-state index contributed by atoms with van der Waals surface area (Å²) in [6.07, 6.45) is 2.51. The van der Waals surface area contributed by atoms with E-state index in [4.69, 9.17) is 5.73 Å². The number of hydrogen-bond donors (Lipinski definition) is 1. The normalized spacial score (nSPS) is 11.9. The summed E-state index contributed by atoms with van der Waals surface area (Å²) in [4.78, 5) is 23.6. The predicted molar refractivity (Wildman–Crippen MR) is 113 cm³/mol. The van der Waals surface area contributed by atoms with Gasteiger partial charge in [-0.15, -0.1) is 0 Å². The largest absolute Gasteiger partial charge is 0.384 e. The first kappa shape index (κ1) is 19.5. The zero-order chi connectivity index (χ0) is 20.3. The number of nitrogens with two attached hydrogens (primary N) is 1. The van der Waals surface area contributed by atoms with Crippen LogP contribution in [0.5, 0.6) is 0 Å². The molecule has 3 aromatic rings. The van der Waals surface area contributed by atoms with Crippen LogP contribution in [0, 0.1) is 13.8 Å². The molecule has 5 nitrogen and oxygen atoms in total. The molecule has 0 aliphatic rings. The molecule has 28 heavy (non-hydrogen) atoms. The van der Waals surface area contributed by atoms with Crippen molar-refractivity contribution in [1.82, 2.24) is 14.9 Å². The van der Waals surface area contributed by atoms with E-state index < -0.39 is 0 Å². The number of aromatic nitrogens is 2. The zero-order valence-electron chi connectivity index (χ0n) is 16.8. The van der Waals surface area contributed by atoms with Gasteiger partial charge in [-0.1, -0.05) is 18.2 Å². The molecule has 1 amide bonds. The summed E-state index contributed by atoms with van der Waals surface area (Å²) in [6, 6.07) is 15.4. The number of carbonyl (C=O) groups is 1. The Morgan fingerprint density at radius 1 is 1.14 bits per heavy atom. The molecule has 2 heterocycles. The highest BCUT2D eigenvalue weighted by Crippen LogP contribution is 2.24. The summed E-state index contributed by atoms with van der Waals surface area (Å²) in [5.41, 5.74) is 11.3. The number of nitrogen functional groups attached to an aromatic ring is 1. The van der Waals surface area contributed by atoms with Crippen molar-refractivity contribution in [1.29, 1.82) is 0 Å². The lowest BCUT2D eigenvalue weighted by molar-refractivity contribution is 0.0743. The van der Waals surface area contributed by atoms with Gasteiger partial charge < -0.3 is 10.6 Å². The molecule has 0 spiro atoms. The number of anilines is 1. The topological polar surface area (TPSA) is 72.1 Å². The Balaban J connectivity index is 1.81. The quantitative estimate of drug-likeness (QED) is 0.731. The minimum atomic E-state index is -0.0102. The molecule has 1 aromatic carbocycles. The molecule has 1 atom stereocenters. The molecule has 0 radical (unpaired) electrons. The van der Waals surface area contributed by atoms with Gasteiger partial charge >= 0.3 is 0 Å². The van der Waals surface area contributed by atoms with Crippen molar-refractivity contribution in [2.24, 2.45) is 0 Å². The Kier molecular flexibility index (Phi) is 5.73. The summed E-state index contributed by atoms with van der Waals surface area (Å²) in [5, 5.41) is 0. The van der Waals surface area contributed by atoms with Crippen LogP contribution in [-0.2, 0) is 6.42 Å². The maximum Gasteiger partial charge on any atom is 0.253 e. The van der Waals surface area contributed by atoms with Gasteiger partial charge in [0, 0.05) is 48.2 Å². The first-order valence-corrected chi connectivity index (χ1v) is 9.38. The van der Waals surface area contributed by atoms with E-state index in [2.05, 4.69) is 9.97 Å². The molecule has 0 saturated heterocycles. The van der Waals surface area contributed by atoms with Gasteiger partial charge in [-0.2, -0.15) is 0 Å². The highest BCUT2D eigenvalue weighted by molar-refractivity contribution is 5.95. The van der Waals surface area contributed by atoms with Gasteiger partial charge in [-0.25, -0.2) is 4.98 Å². The van der Waals surface area contributed by atoms with Crippen molar-refractivity contribution in [2.45, 2.75) is 33.2 Å². The van der Waals surface area contributed by atoms with Crippen LogP contribution in [-0.4, -0.2) is 33.9 Å². The van der Waals surface area contributed by atoms with E-state index >= 15 is 0 Å². The van der Waals surface area contributed by atoms with Gasteiger partial charge in [0.1, 0.15) is 5.82 Å². The van der Waals surface area contributed by atoms with Gasteiger partial charge in [0.05, 0.1) is 0 Å². The molecular weight excluding hydrogens is 348 g/mol. The molecule has 0 bridgehead atoms. The third-order valence-electron chi connectivity index (χ3n) is 5.12. The van der Waals surface area contributed by atoms with E-state index in [0.717, 1.165) is 34.5 Å². The van der Waals surface area contributed by atoms with Gasteiger partial charge in [0.2, 0.25) is 0 Å². The highest BCUT2D eigenvalue weighted by atomic mass is 16.2. The van der Waals surface area contributed by atoms with Crippen molar-refractivity contribution < 1.29 is 4.79 Å². The van der Waals surface area contributed by atoms with Crippen LogP contribution < -0.4 is 5.73 Å². The second-order valence-electron chi connectivity index (χ2n) is 7.19. The molecular formula is C23H26N4O. The average Bonchev–Trinajstić information content (AvgIpc) is 2.68. The third-order valence-corrected chi connectivity index (χ3v) is 5.12. The maximum atomic E-state index is 13.1. The van der Waals surface area contributed by atoms with E-state index in [1.807, 2.05) is 70.3 Å². The number of hydrogen-bond acceptors (Lipinski definition) is 4. The lowest BCUT2D eigenvalue weighted by atomic mass is 10.0. The second kappa shape index (κ2) is 8.21. The van der Waals surface area contributed by atoms with Crippen LogP contribution in [0.4, 0.5) is 5.82 Å². The Morgan fingerprint density at radius 2 is 1.93 bits per heavy atom. The standard InChI is InChI=1S/C23H26N4O/c1-15-7-6-12-25-21(15)13-16(2)27(4)23(28)19-9-5-8-18(14-19)20-10-11-22(24)26-17(20)3/h5-12,14,16H,13H2,1-4H3,(H2,24,26)/t16-/m0/s1. The lowest BCUT2D eigenvalue weighted by Crippen LogP contribution is -2.36. The lowest BCUT2D eigenvalue weighted by Gasteiger charge is -2.25. The summed E-state index contributed by atoms with van der Waals surface area (Å²) in [5.74, 6) is 0.482. The Morgan fingerprint density at radius 3 is 2.64 bits per heavy atom. The van der Waals surface area contributed by atoms with Crippen molar-refractivity contribution in [3.63, 3.8) is 0 Å². The molecule has 144 valence electrons. The van der Waals surface area contributed by atoms with E-state index in [-0.39, 0.29) is 11.9 Å². The van der Waals surface area contributed by atoms with Crippen LogP contribution in [0.25, 0.3) is 11.1 Å². The molecule has 0 aliphatic heterocycles. The highest BCUT2D eigenvalue weighted by Gasteiger charge is 2.19. The van der Waals surface area contributed by atoms with Crippen LogP contribution in [0.3, 0.4) is 0 Å². The fourth-order valence-corrected chi connectivity index (χ4v) is 3.26. The summed E-state index contributed by atoms with van der Waals surface area (Å²) in [6.45, 7) is 6.01. The van der Waals surface area contributed by atoms with E-state index in [1.54, 1.807) is 17.2 Å². The van der Waals surface area contributed by atoms with E-state index in [0.29, 0.717) is 11.4 Å². The number of likely N-dealkylation sites (N-methyl/N-ethyl adjacent to an activating group) is 1. The van der Waals surface area contributed by atoms with Crippen LogP contribution in [0.15, 0.2) is 54.7 Å². The number of carbonyl (C=O) groups excluding carboxylic acids is 1. The monoisotopic (exact) mass is 374 g/mol. The molecule has 3 rings (SSSR count). The van der Waals surface area contributed by atoms with Gasteiger partial charge in [0.15, 0.2) is 0 Å². The SMILES string of the molecule is Cc1cccnc1C[C@H](C)N(C)C(=O)c1cccc(-c2ccc(N)nc2C)c1. The van der Waals surface area contributed by atoms with E-state index in [1.165, 1.54) is 0 Å². The molecule has 5 heteroatoms. The fourth-order valence-electron chi connectivity index (χ4n) is 3.26. The third kappa shape index (κ3) is 4.19. The average molecular weight is 374 g/mol. The number of rotatable bonds is 5. The van der Waals surface area contributed by atoms with Crippen LogP contribution >= 0.6 is 0 Å². The van der Waals surface area contributed by atoms with Crippen molar-refractivity contribution in [2.75, 3.05) is 12.8 Å². The minimum absolute atomic E-state index is 0.0102. The van der Waals surface area contributed by atoms with Crippen LogP contribution in [0.2, 0.25) is 0 Å². The molecule has 0 saturated carbocycles. The predicted octanol–water partition coefficient (Wildman–Crippen LogP) is 4.05. The zero-order valence-corrected chi connectivity index (χ0v) is 16.8. The molecule has 0 fully saturated rings. The van der Waals surface area contributed by atoms with Gasteiger partial charge in [0.25, 0.3) is 5.91 Å². The number of amides is 1. The molecule has 0 aliphatic carbocycles. The Hall–Kier alpha value is -3.21. The van der Waals surface area contributed by atoms with Crippen LogP contribution in [0.1, 0.15) is 34.2 Å². The van der Waals surface area contributed by atoms with E-state index in [9.17, 15) is 4.79 Å². The fraction of sp³-hybridized carbons (Fsp3) is 0.261. The molecule has 2 N–H and O–H groups in total. The smallest absolute Gasteiger partial charge is 0.253 e. The van der Waals surface area contributed by atoms with Crippen molar-refractivity contribution in [3.05, 3.63) is 77.2 Å². The molecule has 2 aromatic heterocycles. The second-order valence-corrected chi connectivity index (χ2v) is 7.19. The van der Waals surface area contributed by atoms with Crippen molar-refractivity contribution in [3.8, 4) is 11.1 Å². The maximum absolute atomic E-state index is 13.1. The first-order chi connectivity index (χ1) is 13.4. The number of nitrogens with zero attached hydrogens (tertiary/aromatic N) is 3. The first-order valence-electron chi connectivity index (χ1n) is 9.38. The number of pyridine rings is 2. The summed E-state index contributed by atoms with van der Waals surface area (Å²) >= 11 is 0. The van der Waals surface area contributed by atoms with Gasteiger partial charge in [-0.3, -0.25) is 9.78 Å². The number of aryl methyl sites for hydroxylation is 2. The van der Waals surface area contributed by atoms with Gasteiger partial charge in [-0.05, 0) is 62.2 Å². The summed E-state index contributed by atoms with van der Waals surface area (Å²) < 4.78 is 0. The summed E-state index contributed by atoms with van der Waals surface area (Å²) in [7, 11) is 1.84. The van der Waals surface area contributed by atoms with Crippen molar-refractivity contribution >= 4 is 11.7 Å². The Bertz CT molecular complexity index is 999. The Labute approximate surface area is 166 Å².